The molecule has 2 rings (SSSR count). The van der Waals surface area contributed by atoms with Crippen molar-refractivity contribution in [2.75, 3.05) is 0 Å². The lowest BCUT2D eigenvalue weighted by atomic mass is 9.96. The van der Waals surface area contributed by atoms with Crippen LogP contribution in [0.5, 0.6) is 0 Å². The van der Waals surface area contributed by atoms with Crippen LogP contribution in [0.3, 0.4) is 0 Å². The predicted octanol–water partition coefficient (Wildman–Crippen LogP) is 2.26. The van der Waals surface area contributed by atoms with E-state index in [1.807, 2.05) is 0 Å². The van der Waals surface area contributed by atoms with Gasteiger partial charge in [0.2, 0.25) is 16.1 Å². The molecule has 0 saturated heterocycles. The number of nitrogens with zero attached hydrogens (tertiary/aromatic N) is 1. The van der Waals surface area contributed by atoms with Gasteiger partial charge in [-0.05, 0) is 37.1 Å². The third-order valence-electron chi connectivity index (χ3n) is 3.25. The van der Waals surface area contributed by atoms with Crippen molar-refractivity contribution in [2.24, 2.45) is 4.99 Å². The Morgan fingerprint density at radius 1 is 1.11 bits per heavy atom. The van der Waals surface area contributed by atoms with Gasteiger partial charge in [0.25, 0.3) is 0 Å². The highest BCUT2D eigenvalue weighted by atomic mass is 32.2. The minimum Gasteiger partial charge on any atom is -0.211 e. The molecule has 1 aliphatic rings. The predicted molar refractivity (Wildman–Crippen MR) is 71.4 cm³/mol. The van der Waals surface area contributed by atoms with E-state index >= 15 is 0 Å². The summed E-state index contributed by atoms with van der Waals surface area (Å²) in [4.78, 5) is 13.7. The van der Waals surface area contributed by atoms with Gasteiger partial charge in [0.15, 0.2) is 0 Å². The summed E-state index contributed by atoms with van der Waals surface area (Å²) in [6, 6.07) is 5.90. The highest BCUT2D eigenvalue weighted by Crippen LogP contribution is 2.21. The number of rotatable bonds is 4. The van der Waals surface area contributed by atoms with Crippen LogP contribution in [0.4, 0.5) is 5.69 Å². The van der Waals surface area contributed by atoms with Crippen molar-refractivity contribution in [3.63, 3.8) is 0 Å². The van der Waals surface area contributed by atoms with E-state index in [9.17, 15) is 13.2 Å². The fourth-order valence-corrected chi connectivity index (χ4v) is 3.57. The van der Waals surface area contributed by atoms with Gasteiger partial charge < -0.3 is 0 Å². The van der Waals surface area contributed by atoms with Gasteiger partial charge in [0, 0.05) is 6.04 Å². The molecule has 5 nitrogen and oxygen atoms in total. The van der Waals surface area contributed by atoms with Crippen LogP contribution in [0.25, 0.3) is 0 Å². The second kappa shape index (κ2) is 6.10. The van der Waals surface area contributed by atoms with Crippen molar-refractivity contribution in [2.45, 2.75) is 43.0 Å². The summed E-state index contributed by atoms with van der Waals surface area (Å²) >= 11 is 0. The first-order chi connectivity index (χ1) is 9.12. The molecule has 1 saturated carbocycles. The topological polar surface area (TPSA) is 75.6 Å². The van der Waals surface area contributed by atoms with E-state index in [4.69, 9.17) is 0 Å². The van der Waals surface area contributed by atoms with E-state index < -0.39 is 10.0 Å². The van der Waals surface area contributed by atoms with Crippen molar-refractivity contribution in [1.82, 2.24) is 4.72 Å². The van der Waals surface area contributed by atoms with E-state index in [1.165, 1.54) is 36.8 Å². The molecule has 0 heterocycles. The minimum atomic E-state index is -3.48. The Labute approximate surface area is 112 Å². The molecule has 1 aromatic carbocycles. The third kappa shape index (κ3) is 3.73. The zero-order valence-electron chi connectivity index (χ0n) is 10.5. The van der Waals surface area contributed by atoms with E-state index in [-0.39, 0.29) is 10.9 Å². The fraction of sp³-hybridized carbons (Fsp3) is 0.462. The van der Waals surface area contributed by atoms with Gasteiger partial charge in [0.1, 0.15) is 0 Å². The monoisotopic (exact) mass is 280 g/mol. The summed E-state index contributed by atoms with van der Waals surface area (Å²) in [6.45, 7) is 0. The molecule has 0 bridgehead atoms. The second-order valence-electron chi connectivity index (χ2n) is 4.65. The first kappa shape index (κ1) is 13.9. The van der Waals surface area contributed by atoms with Crippen LogP contribution in [0.15, 0.2) is 34.2 Å². The number of hydrogen-bond donors (Lipinski definition) is 1. The fourth-order valence-electron chi connectivity index (χ4n) is 2.26. The molecule has 1 aliphatic carbocycles. The third-order valence-corrected chi connectivity index (χ3v) is 4.79. The Morgan fingerprint density at radius 3 is 2.32 bits per heavy atom. The van der Waals surface area contributed by atoms with Gasteiger partial charge in [-0.3, -0.25) is 0 Å². The maximum absolute atomic E-state index is 12.2. The standard InChI is InChI=1S/C13H16N2O3S/c16-10-14-11-6-8-13(9-7-11)19(17,18)15-12-4-2-1-3-5-12/h6-9,12,15H,1-5H2. The average molecular weight is 280 g/mol. The summed E-state index contributed by atoms with van der Waals surface area (Å²) in [5, 5.41) is 0. The van der Waals surface area contributed by atoms with Gasteiger partial charge >= 0.3 is 0 Å². The van der Waals surface area contributed by atoms with E-state index in [0.29, 0.717) is 5.69 Å². The lowest BCUT2D eigenvalue weighted by Crippen LogP contribution is -2.36. The first-order valence-corrected chi connectivity index (χ1v) is 7.80. The molecule has 0 atom stereocenters. The summed E-state index contributed by atoms with van der Waals surface area (Å²) in [5.74, 6) is 0. The van der Waals surface area contributed by atoms with Crippen LogP contribution in [-0.4, -0.2) is 20.5 Å². The minimum absolute atomic E-state index is 0.0337. The summed E-state index contributed by atoms with van der Waals surface area (Å²) in [5.41, 5.74) is 0.395. The summed E-state index contributed by atoms with van der Waals surface area (Å²) in [7, 11) is -3.48. The maximum Gasteiger partial charge on any atom is 0.240 e. The Kier molecular flexibility index (Phi) is 4.47. The smallest absolute Gasteiger partial charge is 0.211 e. The molecule has 0 unspecified atom stereocenters. The van der Waals surface area contributed by atoms with Crippen molar-refractivity contribution in [1.29, 1.82) is 0 Å². The molecule has 0 amide bonds. The van der Waals surface area contributed by atoms with Gasteiger partial charge in [0.05, 0.1) is 10.6 Å². The van der Waals surface area contributed by atoms with Gasteiger partial charge in [-0.15, -0.1) is 0 Å². The van der Waals surface area contributed by atoms with Crippen molar-refractivity contribution in [3.05, 3.63) is 24.3 Å². The molecule has 1 N–H and O–H groups in total. The van der Waals surface area contributed by atoms with Crippen molar-refractivity contribution < 1.29 is 13.2 Å². The van der Waals surface area contributed by atoms with Crippen molar-refractivity contribution >= 4 is 21.8 Å². The second-order valence-corrected chi connectivity index (χ2v) is 6.37. The Bertz CT molecular complexity index is 568. The van der Waals surface area contributed by atoms with Crippen LogP contribution >= 0.6 is 0 Å². The van der Waals surface area contributed by atoms with E-state index in [1.54, 1.807) is 0 Å². The summed E-state index contributed by atoms with van der Waals surface area (Å²) in [6.07, 6.45) is 6.53. The number of hydrogen-bond acceptors (Lipinski definition) is 4. The number of benzene rings is 1. The van der Waals surface area contributed by atoms with Crippen LogP contribution < -0.4 is 4.72 Å². The lowest BCUT2D eigenvalue weighted by molar-refractivity contribution is 0.412. The first-order valence-electron chi connectivity index (χ1n) is 6.32. The molecule has 102 valence electrons. The molecule has 0 spiro atoms. The lowest BCUT2D eigenvalue weighted by Gasteiger charge is -2.22. The summed E-state index contributed by atoms with van der Waals surface area (Å²) < 4.78 is 27.0. The van der Waals surface area contributed by atoms with Gasteiger partial charge in [-0.25, -0.2) is 17.9 Å². The normalized spacial score (nSPS) is 16.8. The highest BCUT2D eigenvalue weighted by Gasteiger charge is 2.21. The van der Waals surface area contributed by atoms with Crippen molar-refractivity contribution in [3.8, 4) is 0 Å². The number of sulfonamides is 1. The van der Waals surface area contributed by atoms with Crippen LogP contribution in [0.1, 0.15) is 32.1 Å². The number of nitrogens with one attached hydrogen (secondary N) is 1. The molecule has 0 aliphatic heterocycles. The molecule has 6 heteroatoms. The SMILES string of the molecule is O=C=Nc1ccc(S(=O)(=O)NC2CCCCC2)cc1. The number of isocyanates is 1. The van der Waals surface area contributed by atoms with E-state index in [2.05, 4.69) is 9.71 Å². The number of carbonyl (C=O) groups excluding carboxylic acids is 1. The highest BCUT2D eigenvalue weighted by molar-refractivity contribution is 7.89. The quantitative estimate of drug-likeness (QED) is 0.679. The van der Waals surface area contributed by atoms with Crippen LogP contribution in [0, 0.1) is 0 Å². The Morgan fingerprint density at radius 2 is 1.74 bits per heavy atom. The molecule has 0 radical (unpaired) electrons. The number of aliphatic imine (C=N–C) groups is 1. The Balaban J connectivity index is 2.11. The maximum atomic E-state index is 12.2. The zero-order valence-corrected chi connectivity index (χ0v) is 11.3. The molecular formula is C13H16N2O3S. The van der Waals surface area contributed by atoms with Crippen LogP contribution in [0.2, 0.25) is 0 Å². The molecular weight excluding hydrogens is 264 g/mol. The largest absolute Gasteiger partial charge is 0.240 e. The van der Waals surface area contributed by atoms with Gasteiger partial charge in [-0.1, -0.05) is 19.3 Å². The molecule has 19 heavy (non-hydrogen) atoms. The van der Waals surface area contributed by atoms with Gasteiger partial charge in [-0.2, -0.15) is 4.99 Å². The molecule has 1 fully saturated rings. The zero-order chi connectivity index (χ0) is 13.7. The van der Waals surface area contributed by atoms with Crippen LogP contribution in [-0.2, 0) is 14.8 Å². The molecule has 0 aromatic heterocycles. The van der Waals surface area contributed by atoms with E-state index in [0.717, 1.165) is 25.7 Å². The average Bonchev–Trinajstić information content (AvgIpc) is 2.40. The molecule has 1 aromatic rings. The Hall–Kier alpha value is -1.49.